The maximum absolute atomic E-state index is 6.56. The van der Waals surface area contributed by atoms with Gasteiger partial charge in [-0.05, 0) is 107 Å². The fourth-order valence-electron chi connectivity index (χ4n) is 7.08. The summed E-state index contributed by atoms with van der Waals surface area (Å²) in [6.45, 7) is 3.40. The number of aromatic nitrogens is 1. The third-order valence-corrected chi connectivity index (χ3v) is 9.14. The minimum absolute atomic E-state index is 0.0684. The summed E-state index contributed by atoms with van der Waals surface area (Å²) in [4.78, 5) is 2.54. The number of para-hydroxylation sites is 1. The van der Waals surface area contributed by atoms with E-state index in [-0.39, 0.29) is 6.04 Å². The van der Waals surface area contributed by atoms with Crippen LogP contribution in [0.3, 0.4) is 0 Å². The predicted molar refractivity (Wildman–Crippen MR) is 154 cm³/mol. The summed E-state index contributed by atoms with van der Waals surface area (Å²) in [6, 6.07) is 22.4. The average Bonchev–Trinajstić information content (AvgIpc) is 3.51. The van der Waals surface area contributed by atoms with Crippen LogP contribution in [0.25, 0.3) is 10.9 Å². The van der Waals surface area contributed by atoms with Crippen LogP contribution in [0.1, 0.15) is 73.2 Å². The quantitative estimate of drug-likeness (QED) is 0.241. The standard InChI is InChI=1S/C34H38N2O2/c1-23-10-8-16-32-33(23)34(28-14-6-7-15-31(28)38-32)36-22-24(20-25-11-9-19-35(25)2)29-21-27(17-18-30(29)36)37-26-12-4-3-5-13-26/h6-8,10,14-18,21-22,25-26,34H,3-5,9,11-13,19-20H2,1-2H3/t25?,34-/m0/s1. The van der Waals surface area contributed by atoms with E-state index < -0.39 is 0 Å². The number of ether oxygens (including phenoxy) is 2. The lowest BCUT2D eigenvalue weighted by atomic mass is 9.91. The molecule has 7 rings (SSSR count). The summed E-state index contributed by atoms with van der Waals surface area (Å²) in [5.41, 5.74) is 6.44. The third kappa shape index (κ3) is 4.19. The second-order valence-corrected chi connectivity index (χ2v) is 11.6. The molecule has 1 saturated heterocycles. The van der Waals surface area contributed by atoms with Gasteiger partial charge in [-0.3, -0.25) is 0 Å². The molecule has 2 aliphatic heterocycles. The number of fused-ring (bicyclic) bond motifs is 3. The van der Waals surface area contributed by atoms with Crippen molar-refractivity contribution in [3.05, 3.63) is 89.1 Å². The molecule has 0 radical (unpaired) electrons. The molecule has 3 aromatic carbocycles. The lowest BCUT2D eigenvalue weighted by Gasteiger charge is -2.31. The number of rotatable bonds is 5. The number of aryl methyl sites for hydroxylation is 1. The molecule has 0 amide bonds. The second-order valence-electron chi connectivity index (χ2n) is 11.6. The van der Waals surface area contributed by atoms with Gasteiger partial charge in [-0.2, -0.15) is 0 Å². The van der Waals surface area contributed by atoms with Gasteiger partial charge in [0.15, 0.2) is 0 Å². The number of hydrogen-bond acceptors (Lipinski definition) is 3. The normalized spacial score (nSPS) is 21.7. The van der Waals surface area contributed by atoms with Gasteiger partial charge >= 0.3 is 0 Å². The van der Waals surface area contributed by atoms with Gasteiger partial charge in [-0.15, -0.1) is 0 Å². The fourth-order valence-corrected chi connectivity index (χ4v) is 7.08. The zero-order chi connectivity index (χ0) is 25.6. The zero-order valence-electron chi connectivity index (χ0n) is 22.7. The van der Waals surface area contributed by atoms with Crippen molar-refractivity contribution in [2.24, 2.45) is 0 Å². The summed E-state index contributed by atoms with van der Waals surface area (Å²) < 4.78 is 15.5. The molecule has 4 nitrogen and oxygen atoms in total. The minimum atomic E-state index is 0.0684. The van der Waals surface area contributed by atoms with E-state index in [9.17, 15) is 0 Å². The topological polar surface area (TPSA) is 26.6 Å². The lowest BCUT2D eigenvalue weighted by molar-refractivity contribution is 0.155. The molecule has 0 bridgehead atoms. The highest BCUT2D eigenvalue weighted by Crippen LogP contribution is 2.48. The van der Waals surface area contributed by atoms with Crippen molar-refractivity contribution in [3.8, 4) is 17.2 Å². The molecular weight excluding hydrogens is 468 g/mol. The summed E-state index contributed by atoms with van der Waals surface area (Å²) in [6.07, 6.45) is 12.7. The van der Waals surface area contributed by atoms with Crippen LogP contribution < -0.4 is 9.47 Å². The Bertz CT molecular complexity index is 1460. The molecule has 1 unspecified atom stereocenters. The van der Waals surface area contributed by atoms with Gasteiger partial charge in [0.05, 0.1) is 12.1 Å². The number of likely N-dealkylation sites (tertiary alicyclic amines) is 1. The first-order valence-corrected chi connectivity index (χ1v) is 14.5. The first-order chi connectivity index (χ1) is 18.7. The molecule has 1 aliphatic carbocycles. The largest absolute Gasteiger partial charge is 0.490 e. The Hall–Kier alpha value is -3.24. The Kier molecular flexibility index (Phi) is 6.16. The smallest absolute Gasteiger partial charge is 0.133 e. The average molecular weight is 507 g/mol. The Balaban J connectivity index is 1.37. The fraction of sp³-hybridized carbons (Fsp3) is 0.412. The van der Waals surface area contributed by atoms with Gasteiger partial charge in [-0.1, -0.05) is 36.8 Å². The highest BCUT2D eigenvalue weighted by Gasteiger charge is 2.32. The lowest BCUT2D eigenvalue weighted by Crippen LogP contribution is -2.26. The molecule has 2 atom stereocenters. The highest BCUT2D eigenvalue weighted by atomic mass is 16.5. The van der Waals surface area contributed by atoms with Crippen molar-refractivity contribution in [2.45, 2.75) is 76.5 Å². The van der Waals surface area contributed by atoms with E-state index in [1.54, 1.807) is 0 Å². The molecule has 2 fully saturated rings. The van der Waals surface area contributed by atoms with Crippen molar-refractivity contribution in [1.29, 1.82) is 0 Å². The zero-order valence-corrected chi connectivity index (χ0v) is 22.7. The molecule has 0 N–H and O–H groups in total. The monoisotopic (exact) mass is 506 g/mol. The van der Waals surface area contributed by atoms with Crippen LogP contribution in [0.5, 0.6) is 17.2 Å². The number of nitrogens with zero attached hydrogens (tertiary/aromatic N) is 2. The first-order valence-electron chi connectivity index (χ1n) is 14.5. The van der Waals surface area contributed by atoms with Crippen LogP contribution in [-0.2, 0) is 6.42 Å². The SMILES string of the molecule is Cc1cccc2c1[C@@H](n1cc(CC3CCCN3C)c3cc(OC4CCCCC4)ccc31)c1ccccc1O2. The van der Waals surface area contributed by atoms with Crippen LogP contribution in [0, 0.1) is 6.92 Å². The van der Waals surface area contributed by atoms with Crippen molar-refractivity contribution in [3.63, 3.8) is 0 Å². The van der Waals surface area contributed by atoms with Crippen LogP contribution in [0.4, 0.5) is 0 Å². The minimum Gasteiger partial charge on any atom is -0.490 e. The number of benzene rings is 3. The second kappa shape index (κ2) is 9.81. The van der Waals surface area contributed by atoms with Crippen molar-refractivity contribution >= 4 is 10.9 Å². The molecular formula is C34H38N2O2. The van der Waals surface area contributed by atoms with Crippen molar-refractivity contribution in [1.82, 2.24) is 9.47 Å². The molecule has 1 aromatic heterocycles. The molecule has 3 heterocycles. The molecule has 196 valence electrons. The molecule has 0 spiro atoms. The van der Waals surface area contributed by atoms with Gasteiger partial charge < -0.3 is 18.9 Å². The summed E-state index contributed by atoms with van der Waals surface area (Å²) in [7, 11) is 2.28. The van der Waals surface area contributed by atoms with Gasteiger partial charge in [0.1, 0.15) is 17.2 Å². The molecule has 38 heavy (non-hydrogen) atoms. The summed E-state index contributed by atoms with van der Waals surface area (Å²) in [5.74, 6) is 2.93. The van der Waals surface area contributed by atoms with E-state index in [4.69, 9.17) is 9.47 Å². The van der Waals surface area contributed by atoms with E-state index in [1.807, 2.05) is 0 Å². The third-order valence-electron chi connectivity index (χ3n) is 9.14. The molecule has 4 aromatic rings. The Morgan fingerprint density at radius 2 is 1.74 bits per heavy atom. The van der Waals surface area contributed by atoms with Crippen LogP contribution in [-0.4, -0.2) is 35.2 Å². The predicted octanol–water partition coefficient (Wildman–Crippen LogP) is 8.04. The molecule has 3 aliphatic rings. The van der Waals surface area contributed by atoms with Gasteiger partial charge in [0.25, 0.3) is 0 Å². The van der Waals surface area contributed by atoms with Crippen LogP contribution >= 0.6 is 0 Å². The molecule has 1 saturated carbocycles. The summed E-state index contributed by atoms with van der Waals surface area (Å²) >= 11 is 0. The van der Waals surface area contributed by atoms with E-state index in [0.29, 0.717) is 12.1 Å². The molecule has 4 heteroatoms. The van der Waals surface area contributed by atoms with Crippen molar-refractivity contribution in [2.75, 3.05) is 13.6 Å². The van der Waals surface area contributed by atoms with E-state index in [0.717, 1.165) is 23.7 Å². The van der Waals surface area contributed by atoms with Gasteiger partial charge in [0, 0.05) is 34.3 Å². The Morgan fingerprint density at radius 3 is 2.58 bits per heavy atom. The van der Waals surface area contributed by atoms with E-state index >= 15 is 0 Å². The first kappa shape index (κ1) is 23.8. The summed E-state index contributed by atoms with van der Waals surface area (Å²) in [5, 5.41) is 1.33. The van der Waals surface area contributed by atoms with Gasteiger partial charge in [0.2, 0.25) is 0 Å². The highest BCUT2D eigenvalue weighted by molar-refractivity contribution is 5.86. The maximum Gasteiger partial charge on any atom is 0.133 e. The van der Waals surface area contributed by atoms with E-state index in [2.05, 4.69) is 90.3 Å². The number of likely N-dealkylation sites (N-methyl/N-ethyl adjacent to an activating group) is 1. The number of hydrogen-bond donors (Lipinski definition) is 0. The van der Waals surface area contributed by atoms with Crippen molar-refractivity contribution < 1.29 is 9.47 Å². The van der Waals surface area contributed by atoms with E-state index in [1.165, 1.54) is 84.6 Å². The maximum atomic E-state index is 6.56. The Morgan fingerprint density at radius 1 is 0.895 bits per heavy atom. The van der Waals surface area contributed by atoms with Gasteiger partial charge in [-0.25, -0.2) is 0 Å². The Labute approximate surface area is 226 Å². The van der Waals surface area contributed by atoms with Crippen LogP contribution in [0.2, 0.25) is 0 Å². The van der Waals surface area contributed by atoms with Crippen LogP contribution in [0.15, 0.2) is 66.9 Å².